The molecule has 0 fully saturated rings. The highest BCUT2D eigenvalue weighted by Gasteiger charge is 2.02. The normalized spacial score (nSPS) is 11.1. The number of unbranched alkanes of at least 4 members (excludes halogenated alkanes) is 1. The maximum absolute atomic E-state index is 4.99. The topological polar surface area (TPSA) is 47.0 Å². The molecule has 4 nitrogen and oxygen atoms in total. The monoisotopic (exact) mass is 291 g/mol. The van der Waals surface area contributed by atoms with Gasteiger partial charge in [-0.05, 0) is 31.2 Å². The van der Waals surface area contributed by atoms with Gasteiger partial charge in [0.25, 0.3) is 0 Å². The lowest BCUT2D eigenvalue weighted by atomic mass is 10.2. The van der Waals surface area contributed by atoms with Gasteiger partial charge in [-0.1, -0.05) is 18.2 Å². The average Bonchev–Trinajstić information content (AvgIpc) is 2.50. The highest BCUT2D eigenvalue weighted by atomic mass is 32.2. The molecule has 5 heteroatoms. The van der Waals surface area contributed by atoms with E-state index in [0.717, 1.165) is 41.4 Å². The largest absolute Gasteiger partial charge is 0.383 e. The van der Waals surface area contributed by atoms with Crippen molar-refractivity contribution in [1.82, 2.24) is 15.3 Å². The summed E-state index contributed by atoms with van der Waals surface area (Å²) in [5.41, 5.74) is 1.02. The van der Waals surface area contributed by atoms with Crippen LogP contribution in [0.1, 0.15) is 12.8 Å². The van der Waals surface area contributed by atoms with Crippen LogP contribution in [0.25, 0.3) is 10.9 Å². The predicted molar refractivity (Wildman–Crippen MR) is 84.2 cm³/mol. The number of hydrogen-bond acceptors (Lipinski definition) is 5. The predicted octanol–water partition coefficient (Wildman–Crippen LogP) is 2.74. The average molecular weight is 291 g/mol. The summed E-state index contributed by atoms with van der Waals surface area (Å²) in [6, 6.07) is 8.16. The minimum Gasteiger partial charge on any atom is -0.383 e. The minimum atomic E-state index is 0.779. The molecule has 0 spiro atoms. The SMILES string of the molecule is COCCNCCCCSc1ncnc2ccccc12. The van der Waals surface area contributed by atoms with E-state index in [1.54, 1.807) is 13.4 Å². The Morgan fingerprint density at radius 1 is 1.15 bits per heavy atom. The summed E-state index contributed by atoms with van der Waals surface area (Å²) in [4.78, 5) is 8.67. The van der Waals surface area contributed by atoms with Crippen LogP contribution in [0.5, 0.6) is 0 Å². The van der Waals surface area contributed by atoms with Gasteiger partial charge in [-0.2, -0.15) is 0 Å². The molecule has 1 aromatic carbocycles. The van der Waals surface area contributed by atoms with Gasteiger partial charge in [0, 0.05) is 19.0 Å². The first-order valence-electron chi connectivity index (χ1n) is 6.94. The molecule has 108 valence electrons. The number of hydrogen-bond donors (Lipinski definition) is 1. The van der Waals surface area contributed by atoms with Gasteiger partial charge in [-0.25, -0.2) is 9.97 Å². The third kappa shape index (κ3) is 4.74. The maximum atomic E-state index is 4.99. The van der Waals surface area contributed by atoms with Crippen molar-refractivity contribution in [1.29, 1.82) is 0 Å². The number of nitrogens with one attached hydrogen (secondary N) is 1. The van der Waals surface area contributed by atoms with Crippen molar-refractivity contribution >= 4 is 22.7 Å². The highest BCUT2D eigenvalue weighted by Crippen LogP contribution is 2.24. The van der Waals surface area contributed by atoms with Crippen LogP contribution in [0.2, 0.25) is 0 Å². The molecule has 0 aliphatic heterocycles. The summed E-state index contributed by atoms with van der Waals surface area (Å²) in [5, 5.41) is 5.59. The van der Waals surface area contributed by atoms with E-state index in [-0.39, 0.29) is 0 Å². The Morgan fingerprint density at radius 3 is 2.95 bits per heavy atom. The molecule has 0 atom stereocenters. The molecule has 1 N–H and O–H groups in total. The third-order valence-corrected chi connectivity index (χ3v) is 4.07. The number of rotatable bonds is 9. The van der Waals surface area contributed by atoms with Gasteiger partial charge in [-0.3, -0.25) is 0 Å². The van der Waals surface area contributed by atoms with Gasteiger partial charge in [0.1, 0.15) is 11.4 Å². The summed E-state index contributed by atoms with van der Waals surface area (Å²) >= 11 is 1.81. The van der Waals surface area contributed by atoms with E-state index in [9.17, 15) is 0 Å². The molecule has 1 aromatic heterocycles. The Kier molecular flexibility index (Phi) is 6.77. The fourth-order valence-corrected chi connectivity index (χ4v) is 2.91. The molecule has 0 bridgehead atoms. The first kappa shape index (κ1) is 15.2. The van der Waals surface area contributed by atoms with E-state index >= 15 is 0 Å². The first-order valence-corrected chi connectivity index (χ1v) is 7.92. The van der Waals surface area contributed by atoms with Crippen LogP contribution >= 0.6 is 11.8 Å². The van der Waals surface area contributed by atoms with E-state index < -0.39 is 0 Å². The van der Waals surface area contributed by atoms with Crippen LogP contribution in [-0.2, 0) is 4.74 Å². The molecule has 0 aliphatic rings. The van der Waals surface area contributed by atoms with Gasteiger partial charge in [0.2, 0.25) is 0 Å². The van der Waals surface area contributed by atoms with Crippen LogP contribution < -0.4 is 5.32 Å². The summed E-state index contributed by atoms with van der Waals surface area (Å²) in [6.45, 7) is 2.76. The van der Waals surface area contributed by atoms with Gasteiger partial charge in [-0.15, -0.1) is 11.8 Å². The molecule has 0 saturated heterocycles. The Morgan fingerprint density at radius 2 is 2.05 bits per heavy atom. The standard InChI is InChI=1S/C15H21N3OS/c1-19-10-9-16-8-4-5-11-20-15-13-6-2-3-7-14(13)17-12-18-15/h2-3,6-7,12,16H,4-5,8-11H2,1H3. The third-order valence-electron chi connectivity index (χ3n) is 2.98. The lowest BCUT2D eigenvalue weighted by Gasteiger charge is -2.05. The molecule has 2 rings (SSSR count). The highest BCUT2D eigenvalue weighted by molar-refractivity contribution is 7.99. The van der Waals surface area contributed by atoms with Crippen molar-refractivity contribution in [3.63, 3.8) is 0 Å². The van der Waals surface area contributed by atoms with Gasteiger partial charge < -0.3 is 10.1 Å². The van der Waals surface area contributed by atoms with Gasteiger partial charge in [0.05, 0.1) is 12.1 Å². The van der Waals surface area contributed by atoms with Crippen LogP contribution in [0.4, 0.5) is 0 Å². The lowest BCUT2D eigenvalue weighted by molar-refractivity contribution is 0.199. The molecular weight excluding hydrogens is 270 g/mol. The van der Waals surface area contributed by atoms with Crippen molar-refractivity contribution in [2.45, 2.75) is 17.9 Å². The first-order chi connectivity index (χ1) is 9.92. The summed E-state index contributed by atoms with van der Waals surface area (Å²) in [5.74, 6) is 1.09. The quantitative estimate of drug-likeness (QED) is 0.437. The zero-order valence-electron chi connectivity index (χ0n) is 11.8. The van der Waals surface area contributed by atoms with E-state index in [0.29, 0.717) is 0 Å². The zero-order valence-corrected chi connectivity index (χ0v) is 12.7. The van der Waals surface area contributed by atoms with Crippen molar-refractivity contribution in [2.24, 2.45) is 0 Å². The zero-order chi connectivity index (χ0) is 14.0. The second-order valence-corrected chi connectivity index (χ2v) is 5.58. The van der Waals surface area contributed by atoms with Gasteiger partial charge in [0.15, 0.2) is 0 Å². The molecule has 0 saturated carbocycles. The smallest absolute Gasteiger partial charge is 0.117 e. The Hall–Kier alpha value is -1.17. The number of ether oxygens (including phenoxy) is 1. The minimum absolute atomic E-state index is 0.779. The van der Waals surface area contributed by atoms with E-state index in [1.807, 2.05) is 30.0 Å². The summed E-state index contributed by atoms with van der Waals surface area (Å²) < 4.78 is 4.99. The van der Waals surface area contributed by atoms with Crippen LogP contribution in [0, 0.1) is 0 Å². The lowest BCUT2D eigenvalue weighted by Crippen LogP contribution is -2.20. The number of aromatic nitrogens is 2. The van der Waals surface area contributed by atoms with E-state index in [4.69, 9.17) is 4.74 Å². The molecule has 0 unspecified atom stereocenters. The Balaban J connectivity index is 1.71. The maximum Gasteiger partial charge on any atom is 0.117 e. The molecular formula is C15H21N3OS. The number of nitrogens with zero attached hydrogens (tertiary/aromatic N) is 2. The Bertz CT molecular complexity index is 516. The van der Waals surface area contributed by atoms with Gasteiger partial charge >= 0.3 is 0 Å². The fraction of sp³-hybridized carbons (Fsp3) is 0.467. The second kappa shape index (κ2) is 8.89. The fourth-order valence-electron chi connectivity index (χ4n) is 1.92. The number of fused-ring (bicyclic) bond motifs is 1. The van der Waals surface area contributed by atoms with E-state index in [1.165, 1.54) is 12.8 Å². The van der Waals surface area contributed by atoms with Crippen molar-refractivity contribution < 1.29 is 4.74 Å². The van der Waals surface area contributed by atoms with Crippen LogP contribution in [-0.4, -0.2) is 42.5 Å². The molecule has 0 amide bonds. The molecule has 2 aromatic rings. The van der Waals surface area contributed by atoms with Crippen LogP contribution in [0.15, 0.2) is 35.6 Å². The summed E-state index contributed by atoms with van der Waals surface area (Å²) in [7, 11) is 1.73. The summed E-state index contributed by atoms with van der Waals surface area (Å²) in [6.07, 6.45) is 4.01. The Labute approximate surface area is 124 Å². The van der Waals surface area contributed by atoms with Crippen molar-refractivity contribution in [2.75, 3.05) is 32.6 Å². The molecule has 20 heavy (non-hydrogen) atoms. The molecule has 0 aliphatic carbocycles. The molecule has 1 heterocycles. The van der Waals surface area contributed by atoms with E-state index in [2.05, 4.69) is 21.4 Å². The second-order valence-electron chi connectivity index (χ2n) is 4.49. The number of thioether (sulfide) groups is 1. The molecule has 0 radical (unpaired) electrons. The van der Waals surface area contributed by atoms with Crippen LogP contribution in [0.3, 0.4) is 0 Å². The van der Waals surface area contributed by atoms with Crippen molar-refractivity contribution in [3.05, 3.63) is 30.6 Å². The number of benzene rings is 1. The van der Waals surface area contributed by atoms with Crippen molar-refractivity contribution in [3.8, 4) is 0 Å². The number of para-hydroxylation sites is 1. The number of methoxy groups -OCH3 is 1.